The Labute approximate surface area is 92.7 Å². The molecule has 2 rings (SSSR count). The van der Waals surface area contributed by atoms with Crippen LogP contribution in [0.5, 0.6) is 0 Å². The van der Waals surface area contributed by atoms with Crippen molar-refractivity contribution in [2.24, 2.45) is 0 Å². The van der Waals surface area contributed by atoms with Crippen molar-refractivity contribution in [1.29, 1.82) is 0 Å². The predicted octanol–water partition coefficient (Wildman–Crippen LogP) is 0.676. The third-order valence-electron chi connectivity index (χ3n) is 2.37. The Morgan fingerprint density at radius 3 is 2.94 bits per heavy atom. The molecular formula is C12H11N3O. The number of para-hydroxylation sites is 1. The summed E-state index contributed by atoms with van der Waals surface area (Å²) in [5, 5.41) is 0.523. The topological polar surface area (TPSA) is 60.9 Å². The van der Waals surface area contributed by atoms with Crippen LogP contribution in [0.1, 0.15) is 12.2 Å². The first-order valence-electron chi connectivity index (χ1n) is 4.93. The number of benzene rings is 1. The summed E-state index contributed by atoms with van der Waals surface area (Å²) in [4.78, 5) is 16.2. The molecule has 0 radical (unpaired) electrons. The van der Waals surface area contributed by atoms with Gasteiger partial charge in [-0.15, -0.1) is 12.3 Å². The van der Waals surface area contributed by atoms with E-state index in [1.165, 1.54) is 0 Å². The van der Waals surface area contributed by atoms with Crippen molar-refractivity contribution in [3.8, 4) is 12.3 Å². The lowest BCUT2D eigenvalue weighted by atomic mass is 10.2. The maximum atomic E-state index is 11.9. The third kappa shape index (κ3) is 1.63. The van der Waals surface area contributed by atoms with E-state index in [4.69, 9.17) is 12.3 Å². The van der Waals surface area contributed by atoms with Crippen LogP contribution in [0, 0.1) is 12.3 Å². The molecule has 1 heterocycles. The predicted molar refractivity (Wildman–Crippen MR) is 63.3 cm³/mol. The summed E-state index contributed by atoms with van der Waals surface area (Å²) in [7, 11) is 0. The number of fused-ring (bicyclic) bond motifs is 1. The average Bonchev–Trinajstić information content (AvgIpc) is 2.32. The molecule has 4 nitrogen and oxygen atoms in total. The maximum Gasteiger partial charge on any atom is 0.279 e. The van der Waals surface area contributed by atoms with Crippen molar-refractivity contribution in [2.45, 2.75) is 12.8 Å². The van der Waals surface area contributed by atoms with Crippen molar-refractivity contribution in [1.82, 2.24) is 9.66 Å². The van der Waals surface area contributed by atoms with E-state index in [1.54, 1.807) is 18.2 Å². The Morgan fingerprint density at radius 2 is 2.19 bits per heavy atom. The van der Waals surface area contributed by atoms with Gasteiger partial charge in [-0.05, 0) is 12.1 Å². The second kappa shape index (κ2) is 4.07. The van der Waals surface area contributed by atoms with Gasteiger partial charge in [0.1, 0.15) is 5.82 Å². The summed E-state index contributed by atoms with van der Waals surface area (Å²) < 4.78 is 1.07. The minimum Gasteiger partial charge on any atom is -0.335 e. The molecule has 0 saturated carbocycles. The molecule has 4 heteroatoms. The van der Waals surface area contributed by atoms with Crippen LogP contribution in [0.15, 0.2) is 29.1 Å². The second-order valence-electron chi connectivity index (χ2n) is 3.42. The van der Waals surface area contributed by atoms with Crippen LogP contribution in [-0.2, 0) is 6.42 Å². The quantitative estimate of drug-likeness (QED) is 0.589. The Bertz CT molecular complexity index is 622. The summed E-state index contributed by atoms with van der Waals surface area (Å²) in [5.74, 6) is 8.68. The van der Waals surface area contributed by atoms with Gasteiger partial charge in [-0.3, -0.25) is 4.79 Å². The molecule has 16 heavy (non-hydrogen) atoms. The molecule has 0 aliphatic heterocycles. The molecule has 0 amide bonds. The van der Waals surface area contributed by atoms with Gasteiger partial charge in [0.25, 0.3) is 5.56 Å². The second-order valence-corrected chi connectivity index (χ2v) is 3.42. The van der Waals surface area contributed by atoms with E-state index in [-0.39, 0.29) is 5.56 Å². The Morgan fingerprint density at radius 1 is 1.44 bits per heavy atom. The summed E-state index contributed by atoms with van der Waals surface area (Å²) >= 11 is 0. The number of aromatic nitrogens is 2. The van der Waals surface area contributed by atoms with E-state index in [0.29, 0.717) is 29.6 Å². The molecule has 0 fully saturated rings. The van der Waals surface area contributed by atoms with Crippen LogP contribution in [-0.4, -0.2) is 9.66 Å². The molecule has 0 unspecified atom stereocenters. The van der Waals surface area contributed by atoms with Gasteiger partial charge in [0.15, 0.2) is 0 Å². The first kappa shape index (κ1) is 10.2. The van der Waals surface area contributed by atoms with Crippen LogP contribution >= 0.6 is 0 Å². The Balaban J connectivity index is 2.65. The van der Waals surface area contributed by atoms with Crippen molar-refractivity contribution in [3.63, 3.8) is 0 Å². The highest BCUT2D eigenvalue weighted by molar-refractivity contribution is 5.77. The number of rotatable bonds is 2. The fourth-order valence-corrected chi connectivity index (χ4v) is 1.55. The number of hydrogen-bond acceptors (Lipinski definition) is 3. The molecule has 0 aliphatic carbocycles. The number of terminal acetylenes is 1. The zero-order valence-electron chi connectivity index (χ0n) is 8.68. The van der Waals surface area contributed by atoms with Gasteiger partial charge in [-0.1, -0.05) is 12.1 Å². The summed E-state index contributed by atoms with van der Waals surface area (Å²) in [6.07, 6.45) is 6.19. The SMILES string of the molecule is C#CCCc1nc2ccccc2c(=O)n1N. The zero-order valence-corrected chi connectivity index (χ0v) is 8.68. The van der Waals surface area contributed by atoms with E-state index in [0.717, 1.165) is 4.68 Å². The van der Waals surface area contributed by atoms with Gasteiger partial charge in [-0.2, -0.15) is 0 Å². The number of nitrogens with two attached hydrogens (primary N) is 1. The summed E-state index contributed by atoms with van der Waals surface area (Å²) in [6, 6.07) is 7.11. The van der Waals surface area contributed by atoms with E-state index in [9.17, 15) is 4.79 Å². The lowest BCUT2D eigenvalue weighted by Gasteiger charge is -2.06. The zero-order chi connectivity index (χ0) is 11.5. The third-order valence-corrected chi connectivity index (χ3v) is 2.37. The van der Waals surface area contributed by atoms with E-state index >= 15 is 0 Å². The molecule has 2 N–H and O–H groups in total. The molecule has 0 aliphatic rings. The van der Waals surface area contributed by atoms with Gasteiger partial charge in [-0.25, -0.2) is 9.66 Å². The number of hydrogen-bond donors (Lipinski definition) is 1. The van der Waals surface area contributed by atoms with E-state index in [2.05, 4.69) is 10.9 Å². The maximum absolute atomic E-state index is 11.9. The number of nitrogen functional groups attached to an aromatic ring is 1. The minimum absolute atomic E-state index is 0.238. The van der Waals surface area contributed by atoms with Gasteiger partial charge < -0.3 is 5.84 Å². The minimum atomic E-state index is -0.238. The van der Waals surface area contributed by atoms with Gasteiger partial charge in [0, 0.05) is 12.8 Å². The van der Waals surface area contributed by atoms with Crippen molar-refractivity contribution in [2.75, 3.05) is 5.84 Å². The van der Waals surface area contributed by atoms with Crippen LogP contribution in [0.25, 0.3) is 10.9 Å². The fourth-order valence-electron chi connectivity index (χ4n) is 1.55. The largest absolute Gasteiger partial charge is 0.335 e. The average molecular weight is 213 g/mol. The smallest absolute Gasteiger partial charge is 0.279 e. The van der Waals surface area contributed by atoms with Gasteiger partial charge in [0.05, 0.1) is 10.9 Å². The first-order valence-corrected chi connectivity index (χ1v) is 4.93. The van der Waals surface area contributed by atoms with Crippen LogP contribution in [0.3, 0.4) is 0 Å². The molecule has 2 aromatic rings. The molecule has 1 aromatic carbocycles. The van der Waals surface area contributed by atoms with Crippen molar-refractivity contribution < 1.29 is 0 Å². The standard InChI is InChI=1S/C12H11N3O/c1-2-3-8-11-14-10-7-5-4-6-9(10)12(16)15(11)13/h1,4-7H,3,8,13H2. The molecule has 0 spiro atoms. The van der Waals surface area contributed by atoms with Gasteiger partial charge in [0.2, 0.25) is 0 Å². The monoisotopic (exact) mass is 213 g/mol. The molecule has 0 bridgehead atoms. The highest BCUT2D eigenvalue weighted by Crippen LogP contribution is 2.07. The van der Waals surface area contributed by atoms with E-state index < -0.39 is 0 Å². The van der Waals surface area contributed by atoms with Crippen molar-refractivity contribution >= 4 is 10.9 Å². The Kier molecular flexibility index (Phi) is 2.61. The lowest BCUT2D eigenvalue weighted by Crippen LogP contribution is -2.31. The fraction of sp³-hybridized carbons (Fsp3) is 0.167. The molecule has 0 atom stereocenters. The van der Waals surface area contributed by atoms with E-state index in [1.807, 2.05) is 6.07 Å². The van der Waals surface area contributed by atoms with Crippen LogP contribution in [0.2, 0.25) is 0 Å². The van der Waals surface area contributed by atoms with Crippen LogP contribution in [0.4, 0.5) is 0 Å². The summed E-state index contributed by atoms with van der Waals surface area (Å²) in [5.41, 5.74) is 0.416. The first-order chi connectivity index (χ1) is 7.74. The number of nitrogens with zero attached hydrogens (tertiary/aromatic N) is 2. The molecule has 80 valence electrons. The highest BCUT2D eigenvalue weighted by Gasteiger charge is 2.07. The van der Waals surface area contributed by atoms with Crippen molar-refractivity contribution in [3.05, 3.63) is 40.4 Å². The summed E-state index contributed by atoms with van der Waals surface area (Å²) in [6.45, 7) is 0. The lowest BCUT2D eigenvalue weighted by molar-refractivity contribution is 0.778. The molecular weight excluding hydrogens is 202 g/mol. The number of aryl methyl sites for hydroxylation is 1. The normalized spacial score (nSPS) is 10.2. The molecule has 0 saturated heterocycles. The molecule has 1 aromatic heterocycles. The van der Waals surface area contributed by atoms with Gasteiger partial charge >= 0.3 is 0 Å². The highest BCUT2D eigenvalue weighted by atomic mass is 16.1. The Hall–Kier alpha value is -2.28. The van der Waals surface area contributed by atoms with Crippen LogP contribution < -0.4 is 11.4 Å².